The minimum atomic E-state index is -0.606. The molecule has 0 aliphatic carbocycles. The molecule has 1 N–H and O–H groups in total. The molecule has 112 valence electrons. The zero-order chi connectivity index (χ0) is 15.4. The SMILES string of the molecule is CCOC(=O)CN1C(=O)CC(c2ccc(Cl)cc2)NC1=O. The Balaban J connectivity index is 2.05. The number of imide groups is 1. The average Bonchev–Trinajstić information content (AvgIpc) is 2.44. The summed E-state index contributed by atoms with van der Waals surface area (Å²) in [6.07, 6.45) is 0.0901. The van der Waals surface area contributed by atoms with Crippen molar-refractivity contribution in [2.45, 2.75) is 19.4 Å². The van der Waals surface area contributed by atoms with Crippen molar-refractivity contribution in [1.82, 2.24) is 10.2 Å². The van der Waals surface area contributed by atoms with Gasteiger partial charge in [0.05, 0.1) is 19.1 Å². The van der Waals surface area contributed by atoms with Crippen LogP contribution >= 0.6 is 11.6 Å². The molecule has 2 rings (SSSR count). The molecule has 1 aliphatic heterocycles. The van der Waals surface area contributed by atoms with E-state index in [-0.39, 0.29) is 19.6 Å². The number of rotatable bonds is 4. The van der Waals surface area contributed by atoms with Gasteiger partial charge in [-0.3, -0.25) is 14.5 Å². The third kappa shape index (κ3) is 3.72. The number of halogens is 1. The zero-order valence-corrected chi connectivity index (χ0v) is 12.2. The van der Waals surface area contributed by atoms with Crippen molar-refractivity contribution in [3.63, 3.8) is 0 Å². The molecular weight excluding hydrogens is 296 g/mol. The Hall–Kier alpha value is -2.08. The van der Waals surface area contributed by atoms with Gasteiger partial charge in [-0.05, 0) is 24.6 Å². The standard InChI is InChI=1S/C14H15ClN2O4/c1-2-21-13(19)8-17-12(18)7-11(16-14(17)20)9-3-5-10(15)6-4-9/h3-6,11H,2,7-8H2,1H3,(H,16,20). The predicted molar refractivity (Wildman–Crippen MR) is 75.7 cm³/mol. The maximum Gasteiger partial charge on any atom is 0.326 e. The molecule has 0 radical (unpaired) electrons. The summed E-state index contributed by atoms with van der Waals surface area (Å²) in [5, 5.41) is 3.28. The van der Waals surface area contributed by atoms with Crippen molar-refractivity contribution >= 4 is 29.5 Å². The Morgan fingerprint density at radius 2 is 2.05 bits per heavy atom. The summed E-state index contributed by atoms with van der Waals surface area (Å²) < 4.78 is 4.74. The molecular formula is C14H15ClN2O4. The third-order valence-electron chi connectivity index (χ3n) is 3.09. The quantitative estimate of drug-likeness (QED) is 0.862. The van der Waals surface area contributed by atoms with E-state index in [9.17, 15) is 14.4 Å². The number of urea groups is 1. The number of carbonyl (C=O) groups is 3. The first-order chi connectivity index (χ1) is 10.0. The van der Waals surface area contributed by atoms with E-state index in [0.29, 0.717) is 5.02 Å². The number of esters is 1. The molecule has 0 spiro atoms. The number of ether oxygens (including phenoxy) is 1. The molecule has 1 atom stereocenters. The minimum absolute atomic E-state index is 0.0901. The summed E-state index contributed by atoms with van der Waals surface area (Å²) in [6.45, 7) is 1.49. The van der Waals surface area contributed by atoms with E-state index in [1.54, 1.807) is 31.2 Å². The largest absolute Gasteiger partial charge is 0.465 e. The topological polar surface area (TPSA) is 75.7 Å². The minimum Gasteiger partial charge on any atom is -0.465 e. The maximum absolute atomic E-state index is 12.0. The summed E-state index contributed by atoms with van der Waals surface area (Å²) in [4.78, 5) is 36.2. The fraction of sp³-hybridized carbons (Fsp3) is 0.357. The lowest BCUT2D eigenvalue weighted by Gasteiger charge is -2.30. The van der Waals surface area contributed by atoms with Crippen molar-refractivity contribution in [3.8, 4) is 0 Å². The Morgan fingerprint density at radius 3 is 2.62 bits per heavy atom. The van der Waals surface area contributed by atoms with E-state index in [4.69, 9.17) is 16.3 Å². The van der Waals surface area contributed by atoms with Crippen LogP contribution in [0.15, 0.2) is 24.3 Å². The van der Waals surface area contributed by atoms with Gasteiger partial charge in [-0.25, -0.2) is 4.79 Å². The highest BCUT2D eigenvalue weighted by Crippen LogP contribution is 2.23. The molecule has 1 aromatic rings. The number of hydrogen-bond donors (Lipinski definition) is 1. The highest BCUT2D eigenvalue weighted by atomic mass is 35.5. The second-order valence-corrected chi connectivity index (χ2v) is 4.98. The maximum atomic E-state index is 12.0. The molecule has 1 saturated heterocycles. The van der Waals surface area contributed by atoms with Crippen LogP contribution in [-0.4, -0.2) is 36.0 Å². The predicted octanol–water partition coefficient (Wildman–Crippen LogP) is 1.89. The van der Waals surface area contributed by atoms with Crippen molar-refractivity contribution in [1.29, 1.82) is 0 Å². The van der Waals surface area contributed by atoms with Crippen LogP contribution in [0.4, 0.5) is 4.79 Å². The van der Waals surface area contributed by atoms with Crippen LogP contribution in [0.1, 0.15) is 24.9 Å². The number of benzene rings is 1. The Kier molecular flexibility index (Phi) is 4.80. The van der Waals surface area contributed by atoms with Gasteiger partial charge in [0.15, 0.2) is 0 Å². The second-order valence-electron chi connectivity index (χ2n) is 4.54. The van der Waals surface area contributed by atoms with Gasteiger partial charge in [-0.1, -0.05) is 23.7 Å². The molecule has 21 heavy (non-hydrogen) atoms. The van der Waals surface area contributed by atoms with Crippen molar-refractivity contribution in [2.75, 3.05) is 13.2 Å². The molecule has 7 heteroatoms. The number of nitrogens with one attached hydrogen (secondary N) is 1. The van der Waals surface area contributed by atoms with Gasteiger partial charge in [-0.2, -0.15) is 0 Å². The van der Waals surface area contributed by atoms with Crippen molar-refractivity contribution in [2.24, 2.45) is 0 Å². The fourth-order valence-corrected chi connectivity index (χ4v) is 2.19. The Bertz CT molecular complexity index is 541. The van der Waals surface area contributed by atoms with E-state index in [2.05, 4.69) is 5.32 Å². The van der Waals surface area contributed by atoms with Gasteiger partial charge in [0.1, 0.15) is 6.54 Å². The van der Waals surface area contributed by atoms with Crippen LogP contribution in [0.5, 0.6) is 0 Å². The summed E-state index contributed by atoms with van der Waals surface area (Å²) in [6, 6.07) is 5.88. The van der Waals surface area contributed by atoms with Crippen molar-refractivity contribution in [3.05, 3.63) is 34.9 Å². The molecule has 0 bridgehead atoms. The second kappa shape index (κ2) is 6.58. The molecule has 0 saturated carbocycles. The van der Waals surface area contributed by atoms with Crippen molar-refractivity contribution < 1.29 is 19.1 Å². The smallest absolute Gasteiger partial charge is 0.326 e. The highest BCUT2D eigenvalue weighted by Gasteiger charge is 2.34. The summed E-state index contributed by atoms with van der Waals surface area (Å²) in [7, 11) is 0. The van der Waals surface area contributed by atoms with Crippen LogP contribution in [0, 0.1) is 0 Å². The number of amides is 3. The van der Waals surface area contributed by atoms with Gasteiger partial charge in [0.25, 0.3) is 0 Å². The van der Waals surface area contributed by atoms with Gasteiger partial charge in [0.2, 0.25) is 5.91 Å². The molecule has 1 heterocycles. The summed E-state index contributed by atoms with van der Waals surface area (Å²) >= 11 is 5.80. The van der Waals surface area contributed by atoms with E-state index >= 15 is 0 Å². The van der Waals surface area contributed by atoms with E-state index in [0.717, 1.165) is 10.5 Å². The average molecular weight is 311 g/mol. The highest BCUT2D eigenvalue weighted by molar-refractivity contribution is 6.30. The van der Waals surface area contributed by atoms with E-state index in [1.807, 2.05) is 0 Å². The first-order valence-electron chi connectivity index (χ1n) is 6.53. The first-order valence-corrected chi connectivity index (χ1v) is 6.91. The monoisotopic (exact) mass is 310 g/mol. The number of hydrogen-bond acceptors (Lipinski definition) is 4. The molecule has 0 aromatic heterocycles. The first kappa shape index (κ1) is 15.3. The molecule has 1 aliphatic rings. The van der Waals surface area contributed by atoms with Gasteiger partial charge >= 0.3 is 12.0 Å². The van der Waals surface area contributed by atoms with E-state index in [1.165, 1.54) is 0 Å². The van der Waals surface area contributed by atoms with Gasteiger partial charge in [0, 0.05) is 5.02 Å². The molecule has 1 unspecified atom stereocenters. The van der Waals surface area contributed by atoms with E-state index < -0.39 is 23.9 Å². The summed E-state index contributed by atoms with van der Waals surface area (Å²) in [5.41, 5.74) is 0.789. The number of carbonyl (C=O) groups excluding carboxylic acids is 3. The molecule has 1 aromatic carbocycles. The lowest BCUT2D eigenvalue weighted by molar-refractivity contribution is -0.147. The normalized spacial score (nSPS) is 18.4. The fourth-order valence-electron chi connectivity index (χ4n) is 2.07. The molecule has 1 fully saturated rings. The zero-order valence-electron chi connectivity index (χ0n) is 11.5. The molecule has 3 amide bonds. The van der Waals surface area contributed by atoms with Crippen LogP contribution in [0.25, 0.3) is 0 Å². The Morgan fingerprint density at radius 1 is 1.38 bits per heavy atom. The third-order valence-corrected chi connectivity index (χ3v) is 3.34. The Labute approximate surface area is 127 Å². The van der Waals surface area contributed by atoms with Gasteiger partial charge in [-0.15, -0.1) is 0 Å². The molecule has 6 nitrogen and oxygen atoms in total. The lowest BCUT2D eigenvalue weighted by atomic mass is 10.0. The van der Waals surface area contributed by atoms with Crippen LogP contribution in [0.2, 0.25) is 5.02 Å². The van der Waals surface area contributed by atoms with Crippen LogP contribution < -0.4 is 5.32 Å². The lowest BCUT2D eigenvalue weighted by Crippen LogP contribution is -2.53. The van der Waals surface area contributed by atoms with Crippen LogP contribution in [-0.2, 0) is 14.3 Å². The van der Waals surface area contributed by atoms with Crippen LogP contribution in [0.3, 0.4) is 0 Å². The van der Waals surface area contributed by atoms with Gasteiger partial charge < -0.3 is 10.1 Å². The number of nitrogens with zero attached hydrogens (tertiary/aromatic N) is 1. The summed E-state index contributed by atoms with van der Waals surface area (Å²) in [5.74, 6) is -1.02.